The third-order valence-corrected chi connectivity index (χ3v) is 10.5. The summed E-state index contributed by atoms with van der Waals surface area (Å²) >= 11 is 0. The zero-order chi connectivity index (χ0) is 36.2. The van der Waals surface area contributed by atoms with Gasteiger partial charge in [-0.3, -0.25) is 0 Å². The van der Waals surface area contributed by atoms with E-state index in [1.54, 1.807) is 0 Å². The van der Waals surface area contributed by atoms with Gasteiger partial charge < -0.3 is 28.4 Å². The lowest BCUT2D eigenvalue weighted by molar-refractivity contribution is -0.301. The lowest BCUT2D eigenvalue weighted by atomic mass is 9.80. The normalized spacial score (nSPS) is 25.2. The third kappa shape index (κ3) is 14.5. The van der Waals surface area contributed by atoms with E-state index in [9.17, 15) is 10.4 Å². The number of piperidine rings is 2. The van der Waals surface area contributed by atoms with Gasteiger partial charge in [0.1, 0.15) is 5.60 Å². The van der Waals surface area contributed by atoms with Crippen molar-refractivity contribution in [1.29, 1.82) is 0 Å². The molecule has 0 bridgehead atoms. The first-order chi connectivity index (χ1) is 23.0. The first kappa shape index (κ1) is 43.0. The number of rotatable bonds is 22. The molecule has 3 rings (SSSR count). The molecular weight excluding hydrogens is 624 g/mol. The SMILES string of the molecule is CC(COCCCCCCOC1CC(C)(C)N([O])C(C)(C)C1)(COCCCCCCOC1CC(C)(C)N([O])C(C)(C)C1)OC1CCCCO1. The van der Waals surface area contributed by atoms with Crippen LogP contribution in [0.25, 0.3) is 0 Å². The van der Waals surface area contributed by atoms with Crippen molar-refractivity contribution in [2.45, 2.75) is 205 Å². The van der Waals surface area contributed by atoms with Crippen molar-refractivity contribution in [1.82, 2.24) is 10.1 Å². The molecule has 10 nitrogen and oxygen atoms in total. The summed E-state index contributed by atoms with van der Waals surface area (Å²) in [6.45, 7) is 22.8. The van der Waals surface area contributed by atoms with Crippen LogP contribution in [0, 0.1) is 0 Å². The summed E-state index contributed by atoms with van der Waals surface area (Å²) in [5.74, 6) is 0. The molecule has 0 aromatic rings. The zero-order valence-corrected chi connectivity index (χ0v) is 32.9. The van der Waals surface area contributed by atoms with E-state index in [1.807, 2.05) is 55.4 Å². The average Bonchev–Trinajstić information content (AvgIpc) is 3.01. The minimum absolute atomic E-state index is 0.146. The summed E-state index contributed by atoms with van der Waals surface area (Å²) in [6.07, 6.45) is 14.8. The number of hydrogen-bond donors (Lipinski definition) is 0. The van der Waals surface area contributed by atoms with Crippen molar-refractivity contribution >= 4 is 0 Å². The van der Waals surface area contributed by atoms with Gasteiger partial charge in [0.25, 0.3) is 0 Å². The molecule has 3 fully saturated rings. The quantitative estimate of drug-likeness (QED) is 0.104. The van der Waals surface area contributed by atoms with E-state index < -0.39 is 5.60 Å². The molecule has 0 aromatic carbocycles. The van der Waals surface area contributed by atoms with Gasteiger partial charge in [-0.15, -0.1) is 20.5 Å². The Morgan fingerprint density at radius 3 is 1.35 bits per heavy atom. The molecule has 1 unspecified atom stereocenters. The maximum Gasteiger partial charge on any atom is 0.158 e. The van der Waals surface area contributed by atoms with Crippen LogP contribution in [0.5, 0.6) is 0 Å². The first-order valence-electron chi connectivity index (χ1n) is 19.6. The summed E-state index contributed by atoms with van der Waals surface area (Å²) in [6, 6.07) is 0. The average molecular weight is 699 g/mol. The number of nitrogens with zero attached hydrogens (tertiary/aromatic N) is 2. The van der Waals surface area contributed by atoms with Gasteiger partial charge in [-0.25, -0.2) is 0 Å². The molecule has 3 aliphatic rings. The van der Waals surface area contributed by atoms with E-state index in [0.717, 1.165) is 116 Å². The lowest BCUT2D eigenvalue weighted by Crippen LogP contribution is -2.59. The molecule has 3 heterocycles. The second kappa shape index (κ2) is 19.6. The molecular formula is C39H74N2O8. The fraction of sp³-hybridized carbons (Fsp3) is 1.00. The Labute approximate surface area is 299 Å². The summed E-state index contributed by atoms with van der Waals surface area (Å²) in [5.41, 5.74) is -2.10. The van der Waals surface area contributed by atoms with E-state index in [-0.39, 0.29) is 40.7 Å². The van der Waals surface area contributed by atoms with Crippen molar-refractivity contribution in [2.24, 2.45) is 0 Å². The summed E-state index contributed by atoms with van der Waals surface area (Å²) in [4.78, 5) is 0. The second-order valence-corrected chi connectivity index (χ2v) is 17.9. The Kier molecular flexibility index (Phi) is 17.2. The molecule has 0 saturated carbocycles. The van der Waals surface area contributed by atoms with Crippen LogP contribution in [-0.4, -0.2) is 103 Å². The number of hydroxylamine groups is 4. The number of unbranched alkanes of at least 4 members (excludes halogenated alkanes) is 6. The van der Waals surface area contributed by atoms with E-state index in [0.29, 0.717) is 26.4 Å². The van der Waals surface area contributed by atoms with Crippen molar-refractivity contribution in [3.63, 3.8) is 0 Å². The smallest absolute Gasteiger partial charge is 0.158 e. The predicted molar refractivity (Wildman–Crippen MR) is 191 cm³/mol. The first-order valence-corrected chi connectivity index (χ1v) is 19.6. The van der Waals surface area contributed by atoms with E-state index in [2.05, 4.69) is 6.92 Å². The van der Waals surface area contributed by atoms with Gasteiger partial charge in [-0.05, 0) is 133 Å². The second-order valence-electron chi connectivity index (χ2n) is 17.9. The van der Waals surface area contributed by atoms with Crippen molar-refractivity contribution in [2.75, 3.05) is 46.2 Å². The van der Waals surface area contributed by atoms with Gasteiger partial charge in [-0.2, -0.15) is 0 Å². The Morgan fingerprint density at radius 2 is 0.980 bits per heavy atom. The van der Waals surface area contributed by atoms with E-state index in [1.165, 1.54) is 10.1 Å². The summed E-state index contributed by atoms with van der Waals surface area (Å²) in [7, 11) is 0. The van der Waals surface area contributed by atoms with E-state index in [4.69, 9.17) is 28.4 Å². The van der Waals surface area contributed by atoms with Gasteiger partial charge in [0, 0.05) is 55.2 Å². The fourth-order valence-corrected chi connectivity index (χ4v) is 8.21. The molecule has 2 radical (unpaired) electrons. The van der Waals surface area contributed by atoms with Crippen LogP contribution in [0.2, 0.25) is 0 Å². The highest BCUT2D eigenvalue weighted by atomic mass is 16.7. The van der Waals surface area contributed by atoms with Crippen LogP contribution >= 0.6 is 0 Å². The molecule has 3 saturated heterocycles. The highest BCUT2D eigenvalue weighted by molar-refractivity contribution is 4.97. The molecule has 0 amide bonds. The Morgan fingerprint density at radius 1 is 0.592 bits per heavy atom. The Balaban J connectivity index is 1.25. The maximum atomic E-state index is 12.6. The van der Waals surface area contributed by atoms with Crippen LogP contribution in [0.1, 0.15) is 159 Å². The largest absolute Gasteiger partial charge is 0.378 e. The van der Waals surface area contributed by atoms with Crippen LogP contribution < -0.4 is 0 Å². The molecule has 0 aliphatic carbocycles. The van der Waals surface area contributed by atoms with Crippen LogP contribution in [0.15, 0.2) is 0 Å². The summed E-state index contributed by atoms with van der Waals surface area (Å²) < 4.78 is 37.0. The van der Waals surface area contributed by atoms with Gasteiger partial charge in [0.05, 0.1) is 25.4 Å². The van der Waals surface area contributed by atoms with Gasteiger partial charge in [0.15, 0.2) is 6.29 Å². The Hall–Kier alpha value is -0.400. The van der Waals surface area contributed by atoms with Crippen LogP contribution in [-0.2, 0) is 38.8 Å². The monoisotopic (exact) mass is 699 g/mol. The number of ether oxygens (including phenoxy) is 6. The van der Waals surface area contributed by atoms with Crippen molar-refractivity contribution in [3.8, 4) is 0 Å². The van der Waals surface area contributed by atoms with Gasteiger partial charge in [0.2, 0.25) is 0 Å². The molecule has 0 aromatic heterocycles. The molecule has 1 atom stereocenters. The zero-order valence-electron chi connectivity index (χ0n) is 32.9. The molecule has 0 spiro atoms. The molecule has 0 N–H and O–H groups in total. The van der Waals surface area contributed by atoms with Gasteiger partial charge >= 0.3 is 0 Å². The lowest BCUT2D eigenvalue weighted by Gasteiger charge is -2.49. The van der Waals surface area contributed by atoms with Crippen molar-refractivity contribution < 1.29 is 38.8 Å². The highest BCUT2D eigenvalue weighted by Crippen LogP contribution is 2.39. The molecule has 288 valence electrons. The fourth-order valence-electron chi connectivity index (χ4n) is 8.21. The van der Waals surface area contributed by atoms with Crippen LogP contribution in [0.4, 0.5) is 0 Å². The third-order valence-electron chi connectivity index (χ3n) is 10.5. The summed E-state index contributed by atoms with van der Waals surface area (Å²) in [5, 5.41) is 27.7. The molecule has 3 aliphatic heterocycles. The van der Waals surface area contributed by atoms with Crippen molar-refractivity contribution in [3.05, 3.63) is 0 Å². The minimum atomic E-state index is -0.549. The number of hydrogen-bond acceptors (Lipinski definition) is 8. The Bertz CT molecular complexity index is 827. The predicted octanol–water partition coefficient (Wildman–Crippen LogP) is 8.21. The minimum Gasteiger partial charge on any atom is -0.378 e. The highest BCUT2D eigenvalue weighted by Gasteiger charge is 2.47. The van der Waals surface area contributed by atoms with Crippen LogP contribution in [0.3, 0.4) is 0 Å². The maximum absolute atomic E-state index is 12.6. The standard InChI is InChI=1S/C39H74N2O8/c1-35(2)26-32(27-36(3,4)40(35)42)46-23-17-12-10-15-21-44-30-39(9,49-34-20-14-19-25-48-34)31-45-22-16-11-13-18-24-47-33-28-37(5,6)41(43)38(7,8)29-33/h32-34H,10-31H2,1-9H3. The topological polar surface area (TPSA) is 102 Å². The molecule has 10 heteroatoms. The molecule has 49 heavy (non-hydrogen) atoms. The van der Waals surface area contributed by atoms with E-state index >= 15 is 0 Å². The van der Waals surface area contributed by atoms with Gasteiger partial charge in [-0.1, -0.05) is 25.7 Å².